The number of nitrogens with zero attached hydrogens (tertiary/aromatic N) is 4. The van der Waals surface area contributed by atoms with Gasteiger partial charge in [0.05, 0.1) is 5.92 Å². The number of amides is 1. The summed E-state index contributed by atoms with van der Waals surface area (Å²) in [4.78, 5) is 15.3. The molecule has 2 fully saturated rings. The highest BCUT2D eigenvalue weighted by Gasteiger charge is 2.58. The Bertz CT molecular complexity index is 1080. The second-order valence-corrected chi connectivity index (χ2v) is 9.14. The molecule has 2 N–H and O–H groups in total. The minimum absolute atomic E-state index is 0.0142. The molecule has 0 spiro atoms. The summed E-state index contributed by atoms with van der Waals surface area (Å²) in [5.41, 5.74) is 3.34. The number of carbonyl (C=O) groups excluding carboxylic acids is 1. The van der Waals surface area contributed by atoms with Crippen LogP contribution < -0.4 is 15.6 Å². The minimum atomic E-state index is -4.56. The van der Waals surface area contributed by atoms with Gasteiger partial charge in [-0.1, -0.05) is 54.7 Å². The molecule has 1 aromatic carbocycles. The number of benzene rings is 1. The summed E-state index contributed by atoms with van der Waals surface area (Å²) in [6.07, 6.45) is 0.0385. The van der Waals surface area contributed by atoms with Gasteiger partial charge in [0.15, 0.2) is 0 Å². The molecule has 5 rings (SSSR count). The maximum Gasteiger partial charge on any atom is 0.406 e. The zero-order valence-corrected chi connectivity index (χ0v) is 19.0. The van der Waals surface area contributed by atoms with Crippen molar-refractivity contribution in [3.8, 4) is 0 Å². The molecular formula is C23H27F3N6O2. The lowest BCUT2D eigenvalue weighted by molar-refractivity contribution is -0.161. The smallest absolute Gasteiger partial charge is 0.403 e. The summed E-state index contributed by atoms with van der Waals surface area (Å²) >= 11 is 0. The fourth-order valence-corrected chi connectivity index (χ4v) is 5.23. The molecule has 1 saturated carbocycles. The Morgan fingerprint density at radius 3 is 2.50 bits per heavy atom. The van der Waals surface area contributed by atoms with Gasteiger partial charge in [-0.05, 0) is 25.3 Å². The van der Waals surface area contributed by atoms with Crippen molar-refractivity contribution in [1.82, 2.24) is 25.9 Å². The first kappa shape index (κ1) is 22.7. The highest BCUT2D eigenvalue weighted by molar-refractivity contribution is 6.19. The molecule has 3 aliphatic rings. The van der Waals surface area contributed by atoms with Crippen molar-refractivity contribution in [3.63, 3.8) is 0 Å². The molecule has 182 valence electrons. The van der Waals surface area contributed by atoms with E-state index in [0.717, 1.165) is 30.7 Å². The molecule has 34 heavy (non-hydrogen) atoms. The number of halogens is 3. The number of hydrogen-bond acceptors (Lipinski definition) is 7. The molecule has 1 saturated heterocycles. The van der Waals surface area contributed by atoms with Crippen LogP contribution in [0.5, 0.6) is 0 Å². The van der Waals surface area contributed by atoms with E-state index in [1.54, 1.807) is 37.3 Å². The third-order valence-corrected chi connectivity index (χ3v) is 7.02. The Balaban J connectivity index is 1.45. The van der Waals surface area contributed by atoms with Gasteiger partial charge in [0.2, 0.25) is 0 Å². The van der Waals surface area contributed by atoms with Crippen LogP contribution in [0.15, 0.2) is 40.4 Å². The Labute approximate surface area is 195 Å². The maximum atomic E-state index is 14.0. The van der Waals surface area contributed by atoms with Crippen LogP contribution in [0.3, 0.4) is 0 Å². The van der Waals surface area contributed by atoms with Crippen LogP contribution >= 0.6 is 0 Å². The molecule has 1 aromatic heterocycles. The lowest BCUT2D eigenvalue weighted by Crippen LogP contribution is -2.54. The first-order valence-corrected chi connectivity index (χ1v) is 11.5. The van der Waals surface area contributed by atoms with Crippen LogP contribution in [0, 0.1) is 0 Å². The number of hydrogen-bond donors (Lipinski definition) is 2. The van der Waals surface area contributed by atoms with Crippen LogP contribution in [0.1, 0.15) is 56.4 Å². The number of alkyl halides is 3. The third-order valence-electron chi connectivity index (χ3n) is 7.02. The van der Waals surface area contributed by atoms with Gasteiger partial charge in [0.25, 0.3) is 11.8 Å². The van der Waals surface area contributed by atoms with Crippen molar-refractivity contribution in [1.29, 1.82) is 0 Å². The monoisotopic (exact) mass is 476 g/mol. The number of rotatable bonds is 4. The van der Waals surface area contributed by atoms with Crippen molar-refractivity contribution in [2.75, 3.05) is 11.9 Å². The molecule has 0 bridgehead atoms. The quantitative estimate of drug-likeness (QED) is 0.698. The second-order valence-electron chi connectivity index (χ2n) is 9.14. The van der Waals surface area contributed by atoms with E-state index in [1.165, 1.54) is 6.42 Å². The van der Waals surface area contributed by atoms with Crippen LogP contribution in [0.25, 0.3) is 5.57 Å². The standard InChI is InChI=1S/C23H27F3N6O2/c1-13-16(20-28-29-22(34-20)31(2)15-11-7-4-8-12-15)21(33)32-19(27-13)17(14-9-5-3-6-10-14)18(30-32)23(24,25)26/h3,5-6,9-10,15,17-19,27,30H,4,7-8,11-12H2,1-2H3. The zero-order valence-electron chi connectivity index (χ0n) is 19.0. The summed E-state index contributed by atoms with van der Waals surface area (Å²) in [6, 6.07) is 7.04. The van der Waals surface area contributed by atoms with E-state index >= 15 is 0 Å². The van der Waals surface area contributed by atoms with Gasteiger partial charge >= 0.3 is 12.2 Å². The molecule has 2 aliphatic heterocycles. The largest absolute Gasteiger partial charge is 0.406 e. The van der Waals surface area contributed by atoms with E-state index < -0.39 is 30.2 Å². The zero-order chi connectivity index (χ0) is 24.0. The van der Waals surface area contributed by atoms with Crippen molar-refractivity contribution >= 4 is 17.5 Å². The molecule has 1 aliphatic carbocycles. The highest BCUT2D eigenvalue weighted by atomic mass is 19.4. The number of carbonyl (C=O) groups is 1. The van der Waals surface area contributed by atoms with Gasteiger partial charge in [0, 0.05) is 18.8 Å². The number of aromatic nitrogens is 2. The fraction of sp³-hybridized carbons (Fsp3) is 0.522. The number of anilines is 1. The highest BCUT2D eigenvalue weighted by Crippen LogP contribution is 2.42. The Morgan fingerprint density at radius 2 is 1.82 bits per heavy atom. The lowest BCUT2D eigenvalue weighted by atomic mass is 9.89. The number of nitrogens with one attached hydrogen (secondary N) is 2. The Hall–Kier alpha value is -3.08. The summed E-state index contributed by atoms with van der Waals surface area (Å²) in [6.45, 7) is 1.64. The summed E-state index contributed by atoms with van der Waals surface area (Å²) < 4.78 is 47.7. The van der Waals surface area contributed by atoms with Crippen LogP contribution in [-0.2, 0) is 4.79 Å². The normalized spacial score (nSPS) is 26.0. The maximum absolute atomic E-state index is 14.0. The topological polar surface area (TPSA) is 86.5 Å². The van der Waals surface area contributed by atoms with Crippen molar-refractivity contribution in [3.05, 3.63) is 47.5 Å². The summed E-state index contributed by atoms with van der Waals surface area (Å²) in [5.74, 6) is -1.68. The van der Waals surface area contributed by atoms with E-state index in [9.17, 15) is 18.0 Å². The van der Waals surface area contributed by atoms with Gasteiger partial charge < -0.3 is 14.6 Å². The van der Waals surface area contributed by atoms with Gasteiger partial charge in [-0.15, -0.1) is 5.10 Å². The average Bonchev–Trinajstić information content (AvgIpc) is 3.45. The van der Waals surface area contributed by atoms with E-state index in [4.69, 9.17) is 4.42 Å². The van der Waals surface area contributed by atoms with Gasteiger partial charge in [-0.2, -0.15) is 13.2 Å². The molecule has 11 heteroatoms. The van der Waals surface area contributed by atoms with Gasteiger partial charge in [-0.25, -0.2) is 10.4 Å². The van der Waals surface area contributed by atoms with Crippen LogP contribution in [0.4, 0.5) is 19.2 Å². The molecule has 1 amide bonds. The summed E-state index contributed by atoms with van der Waals surface area (Å²) in [5, 5.41) is 12.3. The Morgan fingerprint density at radius 1 is 1.12 bits per heavy atom. The van der Waals surface area contributed by atoms with Crippen molar-refractivity contribution in [2.45, 2.75) is 69.4 Å². The van der Waals surface area contributed by atoms with Crippen molar-refractivity contribution < 1.29 is 22.4 Å². The molecule has 3 atom stereocenters. The van der Waals surface area contributed by atoms with E-state index in [2.05, 4.69) is 20.9 Å². The van der Waals surface area contributed by atoms with E-state index in [0.29, 0.717) is 17.3 Å². The van der Waals surface area contributed by atoms with Gasteiger partial charge in [0.1, 0.15) is 17.8 Å². The predicted octanol–water partition coefficient (Wildman–Crippen LogP) is 3.56. The van der Waals surface area contributed by atoms with E-state index in [-0.39, 0.29) is 17.5 Å². The van der Waals surface area contributed by atoms with E-state index in [1.807, 2.05) is 11.9 Å². The predicted molar refractivity (Wildman–Crippen MR) is 118 cm³/mol. The molecule has 8 nitrogen and oxygen atoms in total. The molecular weight excluding hydrogens is 449 g/mol. The summed E-state index contributed by atoms with van der Waals surface area (Å²) in [7, 11) is 1.88. The first-order valence-electron chi connectivity index (χ1n) is 11.5. The fourth-order valence-electron chi connectivity index (χ4n) is 5.23. The minimum Gasteiger partial charge on any atom is -0.403 e. The number of allylic oxidation sites excluding steroid dienone is 1. The SMILES string of the molecule is CC1=C(c2nnc(N(C)C3CCCCC3)o2)C(=O)N2NC(C(F)(F)F)C(c3ccccc3)C2N1. The lowest BCUT2D eigenvalue weighted by Gasteiger charge is -2.34. The first-order chi connectivity index (χ1) is 16.3. The van der Waals surface area contributed by atoms with Crippen molar-refractivity contribution in [2.24, 2.45) is 0 Å². The molecule has 2 aromatic rings. The molecule has 3 unspecified atom stereocenters. The number of hydrazine groups is 1. The number of fused-ring (bicyclic) bond motifs is 1. The second kappa shape index (κ2) is 8.61. The van der Waals surface area contributed by atoms with Crippen LogP contribution in [0.2, 0.25) is 0 Å². The van der Waals surface area contributed by atoms with Gasteiger partial charge in [-0.3, -0.25) is 4.79 Å². The Kier molecular flexibility index (Phi) is 5.75. The third kappa shape index (κ3) is 3.91. The molecule has 0 radical (unpaired) electrons. The average molecular weight is 477 g/mol. The van der Waals surface area contributed by atoms with Crippen LogP contribution in [-0.4, -0.2) is 52.6 Å². The molecule has 3 heterocycles.